The molecular weight excluding hydrogens is 300 g/mol. The number of nitrogens with one attached hydrogen (secondary N) is 1. The predicted octanol–water partition coefficient (Wildman–Crippen LogP) is 2.82. The van der Waals surface area contributed by atoms with Gasteiger partial charge in [-0.25, -0.2) is 9.78 Å². The molecule has 5 nitrogen and oxygen atoms in total. The van der Waals surface area contributed by atoms with Crippen molar-refractivity contribution in [2.24, 2.45) is 0 Å². The molecule has 24 heavy (non-hydrogen) atoms. The molecule has 0 spiro atoms. The zero-order valence-electron chi connectivity index (χ0n) is 13.7. The van der Waals surface area contributed by atoms with Crippen molar-refractivity contribution in [2.45, 2.75) is 25.3 Å². The van der Waals surface area contributed by atoms with Gasteiger partial charge >= 0.3 is 6.03 Å². The lowest BCUT2D eigenvalue weighted by Gasteiger charge is -2.34. The number of carbonyl (C=O) groups excluding carboxylic acids is 1. The smallest absolute Gasteiger partial charge is 0.322 e. The number of pyridine rings is 1. The second-order valence-corrected chi connectivity index (χ2v) is 6.43. The van der Waals surface area contributed by atoms with Crippen molar-refractivity contribution in [1.82, 2.24) is 10.3 Å². The Hall–Kier alpha value is -2.56. The van der Waals surface area contributed by atoms with Gasteiger partial charge in [-0.05, 0) is 43.0 Å². The molecule has 0 bridgehead atoms. The van der Waals surface area contributed by atoms with Crippen molar-refractivity contribution < 1.29 is 4.79 Å². The Morgan fingerprint density at radius 2 is 1.83 bits per heavy atom. The van der Waals surface area contributed by atoms with E-state index in [1.54, 1.807) is 0 Å². The molecule has 0 radical (unpaired) electrons. The number of benzene rings is 1. The summed E-state index contributed by atoms with van der Waals surface area (Å²) in [5, 5.41) is 3.21. The molecule has 0 unspecified atom stereocenters. The van der Waals surface area contributed by atoms with Crippen molar-refractivity contribution in [3.63, 3.8) is 0 Å². The molecule has 0 atom stereocenters. The number of hydrogen-bond donors (Lipinski definition) is 1. The minimum absolute atomic E-state index is 0.0382. The van der Waals surface area contributed by atoms with Gasteiger partial charge in [-0.3, -0.25) is 4.90 Å². The van der Waals surface area contributed by atoms with Crippen LogP contribution >= 0.6 is 0 Å². The van der Waals surface area contributed by atoms with Crippen LogP contribution in [0, 0.1) is 0 Å². The van der Waals surface area contributed by atoms with Gasteiger partial charge in [0.1, 0.15) is 5.82 Å². The molecular formula is C19H22N4O. The minimum Gasteiger partial charge on any atom is -0.356 e. The summed E-state index contributed by atoms with van der Waals surface area (Å²) in [6.45, 7) is 2.63. The molecule has 2 amide bonds. The molecule has 2 aromatic rings. The third kappa shape index (κ3) is 2.94. The molecule has 1 aromatic carbocycles. The summed E-state index contributed by atoms with van der Waals surface area (Å²) in [6.07, 6.45) is 4.69. The van der Waals surface area contributed by atoms with E-state index in [1.165, 1.54) is 5.56 Å². The van der Waals surface area contributed by atoms with Crippen LogP contribution in [0.15, 0.2) is 48.7 Å². The Morgan fingerprint density at radius 1 is 1.04 bits per heavy atom. The van der Waals surface area contributed by atoms with Gasteiger partial charge in [0.2, 0.25) is 0 Å². The fourth-order valence-electron chi connectivity index (χ4n) is 3.60. The number of carbonyl (C=O) groups is 1. The van der Waals surface area contributed by atoms with Crippen molar-refractivity contribution in [3.8, 4) is 0 Å². The Morgan fingerprint density at radius 3 is 2.62 bits per heavy atom. The fraction of sp³-hybridized carbons (Fsp3) is 0.368. The second kappa shape index (κ2) is 6.51. The van der Waals surface area contributed by atoms with E-state index in [9.17, 15) is 4.79 Å². The van der Waals surface area contributed by atoms with E-state index < -0.39 is 0 Å². The molecule has 1 aromatic heterocycles. The van der Waals surface area contributed by atoms with Gasteiger partial charge in [0.25, 0.3) is 0 Å². The maximum absolute atomic E-state index is 12.6. The van der Waals surface area contributed by atoms with Crippen LogP contribution in [0.5, 0.6) is 0 Å². The van der Waals surface area contributed by atoms with E-state index in [0.29, 0.717) is 0 Å². The highest BCUT2D eigenvalue weighted by Crippen LogP contribution is 2.27. The van der Waals surface area contributed by atoms with Gasteiger partial charge in [-0.1, -0.05) is 24.3 Å². The molecule has 0 aliphatic carbocycles. The van der Waals surface area contributed by atoms with Crippen LogP contribution in [-0.4, -0.2) is 36.7 Å². The predicted molar refractivity (Wildman–Crippen MR) is 95.5 cm³/mol. The third-order valence-electron chi connectivity index (χ3n) is 4.93. The van der Waals surface area contributed by atoms with E-state index in [1.807, 2.05) is 47.5 Å². The highest BCUT2D eigenvalue weighted by atomic mass is 16.2. The van der Waals surface area contributed by atoms with Crippen LogP contribution in [0.2, 0.25) is 0 Å². The third-order valence-corrected chi connectivity index (χ3v) is 4.93. The highest BCUT2D eigenvalue weighted by Gasteiger charge is 2.27. The van der Waals surface area contributed by atoms with Crippen molar-refractivity contribution in [2.75, 3.05) is 29.4 Å². The zero-order valence-corrected chi connectivity index (χ0v) is 13.7. The number of piperidine rings is 1. The summed E-state index contributed by atoms with van der Waals surface area (Å²) in [7, 11) is 0. The minimum atomic E-state index is 0.0382. The number of hydrogen-bond acceptors (Lipinski definition) is 3. The Bertz CT molecular complexity index is 710. The normalized spacial score (nSPS) is 17.7. The SMILES string of the molecule is O=C(NC1CCN(c2ccccn2)CC1)N1CCc2ccccc21. The first-order chi connectivity index (χ1) is 11.8. The second-order valence-electron chi connectivity index (χ2n) is 6.43. The zero-order chi connectivity index (χ0) is 16.4. The van der Waals surface area contributed by atoms with E-state index >= 15 is 0 Å². The van der Waals surface area contributed by atoms with Gasteiger partial charge in [0.05, 0.1) is 0 Å². The van der Waals surface area contributed by atoms with Crippen LogP contribution in [0.25, 0.3) is 0 Å². The fourth-order valence-corrected chi connectivity index (χ4v) is 3.60. The van der Waals surface area contributed by atoms with Gasteiger partial charge < -0.3 is 10.2 Å². The molecule has 1 N–H and O–H groups in total. The first-order valence-corrected chi connectivity index (χ1v) is 8.63. The summed E-state index contributed by atoms with van der Waals surface area (Å²) >= 11 is 0. The molecule has 4 rings (SSSR count). The molecule has 3 heterocycles. The van der Waals surface area contributed by atoms with Gasteiger partial charge in [0, 0.05) is 37.6 Å². The van der Waals surface area contributed by atoms with Crippen molar-refractivity contribution >= 4 is 17.5 Å². The maximum atomic E-state index is 12.6. The first-order valence-electron chi connectivity index (χ1n) is 8.63. The van der Waals surface area contributed by atoms with Crippen molar-refractivity contribution in [1.29, 1.82) is 0 Å². The molecule has 5 heteroatoms. The molecule has 124 valence electrons. The number of nitrogens with zero attached hydrogens (tertiary/aromatic N) is 3. The van der Waals surface area contributed by atoms with Crippen molar-refractivity contribution in [3.05, 3.63) is 54.2 Å². The lowest BCUT2D eigenvalue weighted by molar-refractivity contribution is 0.240. The van der Waals surface area contributed by atoms with Crippen LogP contribution in [-0.2, 0) is 6.42 Å². The maximum Gasteiger partial charge on any atom is 0.322 e. The van der Waals surface area contributed by atoms with Crippen LogP contribution in [0.4, 0.5) is 16.3 Å². The number of rotatable bonds is 2. The average molecular weight is 322 g/mol. The first kappa shape index (κ1) is 15.0. The summed E-state index contributed by atoms with van der Waals surface area (Å²) in [4.78, 5) is 21.2. The lowest BCUT2D eigenvalue weighted by atomic mass is 10.1. The van der Waals surface area contributed by atoms with E-state index in [0.717, 1.165) is 50.4 Å². The van der Waals surface area contributed by atoms with Gasteiger partial charge in [-0.2, -0.15) is 0 Å². The number of urea groups is 1. The Kier molecular flexibility index (Phi) is 4.07. The van der Waals surface area contributed by atoms with Crippen LogP contribution in [0.1, 0.15) is 18.4 Å². The summed E-state index contributed by atoms with van der Waals surface area (Å²) in [5.74, 6) is 1.02. The monoisotopic (exact) mass is 322 g/mol. The quantitative estimate of drug-likeness (QED) is 0.925. The molecule has 1 fully saturated rings. The van der Waals surface area contributed by atoms with E-state index in [2.05, 4.69) is 21.3 Å². The summed E-state index contributed by atoms with van der Waals surface area (Å²) < 4.78 is 0. The standard InChI is InChI=1S/C19H22N4O/c24-19(23-14-8-15-5-1-2-6-17(15)23)21-16-9-12-22(13-10-16)18-7-3-4-11-20-18/h1-7,11,16H,8-10,12-14H2,(H,21,24). The molecule has 2 aliphatic rings. The highest BCUT2D eigenvalue weighted by molar-refractivity contribution is 5.94. The van der Waals surface area contributed by atoms with E-state index in [4.69, 9.17) is 0 Å². The Balaban J connectivity index is 1.34. The Labute approximate surface area is 142 Å². The summed E-state index contributed by atoms with van der Waals surface area (Å²) in [5.41, 5.74) is 2.32. The molecule has 0 saturated carbocycles. The molecule has 2 aliphatic heterocycles. The topological polar surface area (TPSA) is 48.5 Å². The van der Waals surface area contributed by atoms with Crippen LogP contribution in [0.3, 0.4) is 0 Å². The number of fused-ring (bicyclic) bond motifs is 1. The summed E-state index contributed by atoms with van der Waals surface area (Å²) in [6, 6.07) is 14.4. The van der Waals surface area contributed by atoms with Gasteiger partial charge in [-0.15, -0.1) is 0 Å². The van der Waals surface area contributed by atoms with Gasteiger partial charge in [0.15, 0.2) is 0 Å². The van der Waals surface area contributed by atoms with Crippen LogP contribution < -0.4 is 15.1 Å². The molecule has 1 saturated heterocycles. The number of para-hydroxylation sites is 1. The largest absolute Gasteiger partial charge is 0.356 e. The van der Waals surface area contributed by atoms with E-state index in [-0.39, 0.29) is 12.1 Å². The number of aromatic nitrogens is 1. The number of amides is 2. The average Bonchev–Trinajstić information content (AvgIpc) is 3.07. The lowest BCUT2D eigenvalue weighted by Crippen LogP contribution is -2.49. The number of anilines is 2.